The molecule has 4 rings (SSSR count). The van der Waals surface area contributed by atoms with Crippen molar-refractivity contribution in [2.45, 2.75) is 26.2 Å². The van der Waals surface area contributed by atoms with Gasteiger partial charge in [-0.15, -0.1) is 16.4 Å². The molecular weight excluding hydrogens is 360 g/mol. The van der Waals surface area contributed by atoms with Gasteiger partial charge in [0.05, 0.1) is 20.9 Å². The zero-order valence-corrected chi connectivity index (χ0v) is 15.6. The lowest BCUT2D eigenvalue weighted by Crippen LogP contribution is -2.12. The number of tetrazole rings is 1. The van der Waals surface area contributed by atoms with Gasteiger partial charge in [0.25, 0.3) is 0 Å². The fourth-order valence-corrected chi connectivity index (χ4v) is 3.87. The predicted octanol–water partition coefficient (Wildman–Crippen LogP) is 3.54. The molecule has 0 aliphatic heterocycles. The average molecular weight is 378 g/mol. The first-order valence-corrected chi connectivity index (χ1v) is 9.49. The number of nitrogens with one attached hydrogen (secondary N) is 1. The quantitative estimate of drug-likeness (QED) is 0.555. The Bertz CT molecular complexity index is 1040. The smallest absolute Gasteiger partial charge is 0.224 e. The summed E-state index contributed by atoms with van der Waals surface area (Å²) in [5.41, 5.74) is 3.62. The molecule has 27 heavy (non-hydrogen) atoms. The van der Waals surface area contributed by atoms with Crippen molar-refractivity contribution in [3.05, 3.63) is 59.4 Å². The van der Waals surface area contributed by atoms with Gasteiger partial charge in [-0.1, -0.05) is 18.2 Å². The van der Waals surface area contributed by atoms with E-state index in [1.807, 2.05) is 43.3 Å². The van der Waals surface area contributed by atoms with Gasteiger partial charge in [0.15, 0.2) is 0 Å². The van der Waals surface area contributed by atoms with Crippen molar-refractivity contribution in [2.24, 2.45) is 0 Å². The predicted molar refractivity (Wildman–Crippen MR) is 105 cm³/mol. The Kier molecular flexibility index (Phi) is 4.88. The van der Waals surface area contributed by atoms with E-state index in [9.17, 15) is 4.79 Å². The van der Waals surface area contributed by atoms with Crippen LogP contribution in [0.15, 0.2) is 48.8 Å². The minimum absolute atomic E-state index is 0.0115. The van der Waals surface area contributed by atoms with Gasteiger partial charge in [-0.3, -0.25) is 4.79 Å². The number of carbonyl (C=O) groups excluding carboxylic acids is 1. The Hall–Kier alpha value is -3.13. The Morgan fingerprint density at radius 3 is 2.93 bits per heavy atom. The van der Waals surface area contributed by atoms with Gasteiger partial charge >= 0.3 is 0 Å². The van der Waals surface area contributed by atoms with Gasteiger partial charge in [0.2, 0.25) is 5.91 Å². The lowest BCUT2D eigenvalue weighted by atomic mass is 10.1. The maximum Gasteiger partial charge on any atom is 0.224 e. The van der Waals surface area contributed by atoms with Gasteiger partial charge < -0.3 is 5.32 Å². The number of aromatic nitrogens is 5. The molecule has 7 nitrogen and oxygen atoms in total. The molecule has 1 amide bonds. The molecule has 0 saturated carbocycles. The van der Waals surface area contributed by atoms with Crippen LogP contribution < -0.4 is 5.32 Å². The molecule has 2 heterocycles. The summed E-state index contributed by atoms with van der Waals surface area (Å²) in [4.78, 5) is 16.9. The fourth-order valence-electron chi connectivity index (χ4n) is 2.86. The number of thiazole rings is 1. The van der Waals surface area contributed by atoms with Gasteiger partial charge in [-0.05, 0) is 60.0 Å². The highest BCUT2D eigenvalue weighted by Crippen LogP contribution is 2.23. The van der Waals surface area contributed by atoms with Crippen molar-refractivity contribution < 1.29 is 4.79 Å². The number of hydrogen-bond donors (Lipinski definition) is 1. The largest absolute Gasteiger partial charge is 0.326 e. The molecule has 0 fully saturated rings. The number of anilines is 1. The lowest BCUT2D eigenvalue weighted by Gasteiger charge is -2.09. The molecule has 2 aromatic heterocycles. The number of fused-ring (bicyclic) bond motifs is 1. The second-order valence-electron chi connectivity index (χ2n) is 6.23. The molecule has 0 saturated heterocycles. The maximum atomic E-state index is 12.3. The Morgan fingerprint density at radius 2 is 2.11 bits per heavy atom. The molecule has 0 aliphatic carbocycles. The van der Waals surface area contributed by atoms with Crippen LogP contribution in [0.2, 0.25) is 0 Å². The van der Waals surface area contributed by atoms with E-state index < -0.39 is 0 Å². The Morgan fingerprint density at radius 1 is 1.22 bits per heavy atom. The van der Waals surface area contributed by atoms with Crippen molar-refractivity contribution in [1.82, 2.24) is 25.2 Å². The number of rotatable bonds is 6. The molecule has 0 spiro atoms. The van der Waals surface area contributed by atoms with Crippen LogP contribution in [-0.2, 0) is 11.2 Å². The van der Waals surface area contributed by atoms with E-state index in [2.05, 4.69) is 31.9 Å². The van der Waals surface area contributed by atoms with Gasteiger partial charge in [0.1, 0.15) is 6.33 Å². The highest BCUT2D eigenvalue weighted by molar-refractivity contribution is 7.18. The number of benzene rings is 2. The van der Waals surface area contributed by atoms with Gasteiger partial charge in [-0.2, -0.15) is 0 Å². The Labute approximate surface area is 160 Å². The summed E-state index contributed by atoms with van der Waals surface area (Å²) >= 11 is 1.69. The molecule has 1 N–H and O–H groups in total. The molecule has 0 unspecified atom stereocenters. The zero-order chi connectivity index (χ0) is 18.6. The first-order valence-electron chi connectivity index (χ1n) is 8.67. The number of nitrogens with zero attached hydrogens (tertiary/aromatic N) is 5. The fraction of sp³-hybridized carbons (Fsp3) is 0.211. The minimum atomic E-state index is -0.0115. The van der Waals surface area contributed by atoms with Crippen LogP contribution >= 0.6 is 11.3 Å². The maximum absolute atomic E-state index is 12.3. The van der Waals surface area contributed by atoms with Crippen molar-refractivity contribution in [3.63, 3.8) is 0 Å². The Balaban J connectivity index is 1.35. The summed E-state index contributed by atoms with van der Waals surface area (Å²) in [6, 6.07) is 13.8. The van der Waals surface area contributed by atoms with E-state index in [0.717, 1.165) is 40.3 Å². The number of amides is 1. The second-order valence-corrected chi connectivity index (χ2v) is 7.35. The monoisotopic (exact) mass is 378 g/mol. The molecule has 2 aromatic carbocycles. The summed E-state index contributed by atoms with van der Waals surface area (Å²) < 4.78 is 2.77. The van der Waals surface area contributed by atoms with Crippen LogP contribution in [0.25, 0.3) is 15.9 Å². The highest BCUT2D eigenvalue weighted by Gasteiger charge is 2.08. The van der Waals surface area contributed by atoms with E-state index in [4.69, 9.17) is 0 Å². The molecule has 4 aromatic rings. The molecule has 0 atom stereocenters. The van der Waals surface area contributed by atoms with E-state index in [1.165, 1.54) is 11.0 Å². The highest BCUT2D eigenvalue weighted by atomic mass is 32.1. The van der Waals surface area contributed by atoms with Crippen LogP contribution in [0.5, 0.6) is 0 Å². The van der Waals surface area contributed by atoms with Crippen LogP contribution in [-0.4, -0.2) is 31.1 Å². The van der Waals surface area contributed by atoms with Crippen LogP contribution in [0.3, 0.4) is 0 Å². The van der Waals surface area contributed by atoms with Crippen molar-refractivity contribution in [3.8, 4) is 5.69 Å². The topological polar surface area (TPSA) is 85.6 Å². The summed E-state index contributed by atoms with van der Waals surface area (Å²) in [5.74, 6) is -0.0115. The summed E-state index contributed by atoms with van der Waals surface area (Å²) in [5, 5.41) is 15.2. The molecule has 8 heteroatoms. The minimum Gasteiger partial charge on any atom is -0.326 e. The first-order chi connectivity index (χ1) is 13.2. The third kappa shape index (κ3) is 4.01. The van der Waals surface area contributed by atoms with Crippen molar-refractivity contribution >= 4 is 33.1 Å². The van der Waals surface area contributed by atoms with E-state index in [1.54, 1.807) is 16.0 Å². The SMILES string of the molecule is Cc1ccc(NC(=O)CCCc2nc3ccccc3s2)cc1-n1cnnn1. The van der Waals surface area contributed by atoms with Crippen LogP contribution in [0.1, 0.15) is 23.4 Å². The van der Waals surface area contributed by atoms with Crippen molar-refractivity contribution in [2.75, 3.05) is 5.32 Å². The normalized spacial score (nSPS) is 11.0. The van der Waals surface area contributed by atoms with Gasteiger partial charge in [-0.25, -0.2) is 9.67 Å². The third-order valence-electron chi connectivity index (χ3n) is 4.22. The summed E-state index contributed by atoms with van der Waals surface area (Å²) in [6.45, 7) is 1.97. The molecule has 0 radical (unpaired) electrons. The van der Waals surface area contributed by atoms with Crippen LogP contribution in [0.4, 0.5) is 5.69 Å². The molecule has 0 bridgehead atoms. The zero-order valence-electron chi connectivity index (χ0n) is 14.8. The number of para-hydroxylation sites is 1. The number of aryl methyl sites for hydroxylation is 2. The number of carbonyl (C=O) groups is 1. The second kappa shape index (κ2) is 7.63. The summed E-state index contributed by atoms with van der Waals surface area (Å²) in [6.07, 6.45) is 3.55. The van der Waals surface area contributed by atoms with E-state index in [0.29, 0.717) is 6.42 Å². The number of hydrogen-bond acceptors (Lipinski definition) is 6. The molecule has 136 valence electrons. The molecular formula is C19H18N6OS. The lowest BCUT2D eigenvalue weighted by molar-refractivity contribution is -0.116. The van der Waals surface area contributed by atoms with E-state index in [-0.39, 0.29) is 5.91 Å². The molecule has 0 aliphatic rings. The third-order valence-corrected chi connectivity index (χ3v) is 5.32. The first kappa shape index (κ1) is 17.3. The average Bonchev–Trinajstić information content (AvgIpc) is 3.32. The standard InChI is InChI=1S/C19H18N6OS/c1-13-9-10-14(11-16(13)25-12-20-23-24-25)21-18(26)7-4-8-19-22-15-5-2-3-6-17(15)27-19/h2-3,5-6,9-12H,4,7-8H2,1H3,(H,21,26). The van der Waals surface area contributed by atoms with E-state index >= 15 is 0 Å². The summed E-state index contributed by atoms with van der Waals surface area (Å²) in [7, 11) is 0. The van der Waals surface area contributed by atoms with Crippen molar-refractivity contribution in [1.29, 1.82) is 0 Å². The van der Waals surface area contributed by atoms with Gasteiger partial charge in [0, 0.05) is 12.1 Å². The van der Waals surface area contributed by atoms with Crippen LogP contribution in [0, 0.1) is 6.92 Å².